The highest BCUT2D eigenvalue weighted by molar-refractivity contribution is 5.59. The number of benzene rings is 2. The highest BCUT2D eigenvalue weighted by Gasteiger charge is 2.71. The van der Waals surface area contributed by atoms with Crippen molar-refractivity contribution in [1.82, 2.24) is 4.90 Å². The summed E-state index contributed by atoms with van der Waals surface area (Å²) in [5, 5.41) is 10.0. The molecule has 234 valence electrons. The smallest absolute Gasteiger partial charge is 0.430 e. The van der Waals surface area contributed by atoms with Gasteiger partial charge in [-0.25, -0.2) is 0 Å². The molecule has 1 atom stereocenters. The predicted octanol–water partition coefficient (Wildman–Crippen LogP) is 7.42. The van der Waals surface area contributed by atoms with Gasteiger partial charge in [0.15, 0.2) is 0 Å². The third-order valence-electron chi connectivity index (χ3n) is 7.43. The number of aliphatic imine (C=N–C) groups is 1. The van der Waals surface area contributed by atoms with E-state index in [4.69, 9.17) is 14.5 Å². The van der Waals surface area contributed by atoms with Crippen LogP contribution in [0.3, 0.4) is 0 Å². The number of hydrogen-bond acceptors (Lipinski definition) is 5. The van der Waals surface area contributed by atoms with Gasteiger partial charge >= 0.3 is 12.4 Å². The van der Waals surface area contributed by atoms with Crippen molar-refractivity contribution < 1.29 is 40.9 Å². The summed E-state index contributed by atoms with van der Waals surface area (Å²) < 4.78 is 92.8. The molecule has 0 fully saturated rings. The number of aryl methyl sites for hydroxylation is 2. The third kappa shape index (κ3) is 7.71. The zero-order valence-corrected chi connectivity index (χ0v) is 24.5. The number of methoxy groups -OCH3 is 1. The van der Waals surface area contributed by atoms with E-state index >= 15 is 0 Å². The van der Waals surface area contributed by atoms with Crippen LogP contribution >= 0.6 is 0 Å². The van der Waals surface area contributed by atoms with Crippen LogP contribution < -0.4 is 9.47 Å². The molecule has 1 aliphatic rings. The van der Waals surface area contributed by atoms with Crippen LogP contribution in [-0.4, -0.2) is 61.0 Å². The largest absolute Gasteiger partial charge is 0.497 e. The molecule has 11 heteroatoms. The van der Waals surface area contributed by atoms with Crippen molar-refractivity contribution in [3.63, 3.8) is 0 Å². The standard InChI is InChI=1S/C31H40F6N2O3/c1-5-9-23-17-25(29(40,30(32,33)34)31(35,36)37)18-24(10-6-2)27(23)42-16-8-7-15-39-20-28(3,38-21-39)19-22-11-13-26(41-4)14-12-22/h11-14,17-18,21,40H,5-10,15-16,19-20H2,1-4H3. The van der Waals surface area contributed by atoms with E-state index in [0.29, 0.717) is 25.0 Å². The quantitative estimate of drug-likeness (QED) is 0.181. The number of halogens is 6. The summed E-state index contributed by atoms with van der Waals surface area (Å²) in [5.74, 6) is 1.11. The summed E-state index contributed by atoms with van der Waals surface area (Å²) in [4.78, 5) is 6.86. The van der Waals surface area contributed by atoms with Crippen molar-refractivity contribution in [1.29, 1.82) is 0 Å². The van der Waals surface area contributed by atoms with Crippen molar-refractivity contribution >= 4 is 6.34 Å². The molecular formula is C31H40F6N2O3. The zero-order chi connectivity index (χ0) is 31.2. The van der Waals surface area contributed by atoms with Crippen LogP contribution in [0.2, 0.25) is 0 Å². The molecule has 1 aliphatic heterocycles. The summed E-state index contributed by atoms with van der Waals surface area (Å²) in [5.41, 5.74) is -4.84. The average Bonchev–Trinajstić information content (AvgIpc) is 3.28. The Bertz CT molecular complexity index is 1160. The number of hydrogen-bond donors (Lipinski definition) is 1. The first-order valence-electron chi connectivity index (χ1n) is 14.2. The highest BCUT2D eigenvalue weighted by Crippen LogP contribution is 2.51. The Balaban J connectivity index is 1.64. The van der Waals surface area contributed by atoms with Gasteiger partial charge in [0, 0.05) is 18.7 Å². The van der Waals surface area contributed by atoms with Crippen LogP contribution in [0.5, 0.6) is 11.5 Å². The Kier molecular flexibility index (Phi) is 10.8. The second-order valence-electron chi connectivity index (χ2n) is 11.1. The molecule has 5 nitrogen and oxygen atoms in total. The van der Waals surface area contributed by atoms with E-state index in [1.807, 2.05) is 30.6 Å². The third-order valence-corrected chi connectivity index (χ3v) is 7.43. The van der Waals surface area contributed by atoms with Crippen molar-refractivity contribution in [2.45, 2.75) is 89.2 Å². The van der Waals surface area contributed by atoms with Crippen molar-refractivity contribution in [2.24, 2.45) is 4.99 Å². The first-order valence-corrected chi connectivity index (χ1v) is 14.2. The summed E-state index contributed by atoms with van der Waals surface area (Å²) in [6.07, 6.45) is -6.48. The van der Waals surface area contributed by atoms with Crippen LogP contribution in [0, 0.1) is 0 Å². The summed E-state index contributed by atoms with van der Waals surface area (Å²) in [6, 6.07) is 9.49. The summed E-state index contributed by atoms with van der Waals surface area (Å²) >= 11 is 0. The summed E-state index contributed by atoms with van der Waals surface area (Å²) in [6.45, 7) is 7.39. The van der Waals surface area contributed by atoms with Crippen LogP contribution in [0.4, 0.5) is 26.3 Å². The summed E-state index contributed by atoms with van der Waals surface area (Å²) in [7, 11) is 1.63. The predicted molar refractivity (Wildman–Crippen MR) is 150 cm³/mol. The lowest BCUT2D eigenvalue weighted by Gasteiger charge is -2.33. The fourth-order valence-corrected chi connectivity index (χ4v) is 5.30. The molecule has 42 heavy (non-hydrogen) atoms. The Labute approximate surface area is 243 Å². The van der Waals surface area contributed by atoms with Crippen molar-refractivity contribution in [3.8, 4) is 11.5 Å². The second kappa shape index (κ2) is 13.6. The lowest BCUT2D eigenvalue weighted by atomic mass is 9.87. The van der Waals surface area contributed by atoms with Crippen LogP contribution in [0.15, 0.2) is 41.4 Å². The number of unbranched alkanes of at least 4 members (excludes halogenated alkanes) is 1. The molecule has 1 heterocycles. The van der Waals surface area contributed by atoms with Crippen molar-refractivity contribution in [2.75, 3.05) is 26.8 Å². The Hall–Kier alpha value is -2.95. The molecule has 0 saturated carbocycles. The molecule has 0 bridgehead atoms. The number of ether oxygens (including phenoxy) is 2. The van der Waals surface area contributed by atoms with Crippen LogP contribution in [-0.2, 0) is 24.9 Å². The van der Waals surface area contributed by atoms with Gasteiger partial charge < -0.3 is 19.5 Å². The number of nitrogens with zero attached hydrogens (tertiary/aromatic N) is 2. The number of rotatable bonds is 14. The van der Waals surface area contributed by atoms with Gasteiger partial charge in [0.05, 0.1) is 25.6 Å². The Morgan fingerprint density at radius 3 is 2.00 bits per heavy atom. The molecule has 0 spiro atoms. The van der Waals surface area contributed by atoms with Gasteiger partial charge in [-0.1, -0.05) is 38.8 Å². The maximum atomic E-state index is 13.6. The van der Waals surface area contributed by atoms with Gasteiger partial charge in [-0.2, -0.15) is 26.3 Å². The molecule has 0 radical (unpaired) electrons. The first-order chi connectivity index (χ1) is 19.7. The van der Waals surface area contributed by atoms with Gasteiger partial charge in [0.25, 0.3) is 5.60 Å². The SMILES string of the molecule is CCCc1cc(C(O)(C(F)(F)F)C(F)(F)F)cc(CCC)c1OCCCCN1C=NC(C)(Cc2ccc(OC)cc2)C1. The fourth-order valence-electron chi connectivity index (χ4n) is 5.30. The molecular weight excluding hydrogens is 562 g/mol. The molecule has 2 aromatic carbocycles. The van der Waals surface area contributed by atoms with Gasteiger partial charge in [0.1, 0.15) is 11.5 Å². The van der Waals surface area contributed by atoms with Crippen LogP contribution in [0.1, 0.15) is 68.7 Å². The molecule has 2 aromatic rings. The lowest BCUT2D eigenvalue weighted by molar-refractivity contribution is -0.376. The molecule has 0 saturated heterocycles. The molecule has 1 N–H and O–H groups in total. The van der Waals surface area contributed by atoms with E-state index in [0.717, 1.165) is 49.4 Å². The fraction of sp³-hybridized carbons (Fsp3) is 0.581. The van der Waals surface area contributed by atoms with Gasteiger partial charge in [0.2, 0.25) is 0 Å². The molecule has 3 rings (SSSR count). The molecule has 0 aromatic heterocycles. The van der Waals surface area contributed by atoms with Gasteiger partial charge in [-0.15, -0.1) is 0 Å². The Morgan fingerprint density at radius 1 is 0.929 bits per heavy atom. The highest BCUT2D eigenvalue weighted by atomic mass is 19.4. The zero-order valence-electron chi connectivity index (χ0n) is 24.5. The van der Waals surface area contributed by atoms with Crippen molar-refractivity contribution in [3.05, 3.63) is 58.7 Å². The Morgan fingerprint density at radius 2 is 1.50 bits per heavy atom. The first kappa shape index (κ1) is 33.6. The van der Waals surface area contributed by atoms with E-state index in [2.05, 4.69) is 11.8 Å². The van der Waals surface area contributed by atoms with E-state index < -0.39 is 23.5 Å². The van der Waals surface area contributed by atoms with E-state index in [9.17, 15) is 31.4 Å². The topological polar surface area (TPSA) is 54.3 Å². The lowest BCUT2D eigenvalue weighted by Crippen LogP contribution is -2.54. The maximum Gasteiger partial charge on any atom is 0.430 e. The van der Waals surface area contributed by atoms with E-state index in [1.165, 1.54) is 0 Å². The minimum atomic E-state index is -5.94. The van der Waals surface area contributed by atoms with E-state index in [1.54, 1.807) is 21.0 Å². The number of alkyl halides is 6. The molecule has 0 aliphatic carbocycles. The maximum absolute atomic E-state index is 13.6. The number of aliphatic hydroxyl groups is 1. The minimum Gasteiger partial charge on any atom is -0.497 e. The van der Waals surface area contributed by atoms with E-state index in [-0.39, 0.29) is 36.1 Å². The average molecular weight is 603 g/mol. The van der Waals surface area contributed by atoms with Gasteiger partial charge in [-0.3, -0.25) is 4.99 Å². The monoisotopic (exact) mass is 602 g/mol. The molecule has 1 unspecified atom stereocenters. The molecule has 0 amide bonds. The second-order valence-corrected chi connectivity index (χ2v) is 11.1. The normalized spacial score (nSPS) is 17.6. The minimum absolute atomic E-state index is 0.211. The van der Waals surface area contributed by atoms with Crippen LogP contribution in [0.25, 0.3) is 0 Å². The van der Waals surface area contributed by atoms with Gasteiger partial charge in [-0.05, 0) is 80.0 Å².